The van der Waals surface area contributed by atoms with E-state index in [9.17, 15) is 4.79 Å². The Morgan fingerprint density at radius 1 is 1.33 bits per heavy atom. The van der Waals surface area contributed by atoms with Gasteiger partial charge in [0.05, 0.1) is 0 Å². The van der Waals surface area contributed by atoms with Crippen LogP contribution in [0.4, 0.5) is 0 Å². The molecule has 1 aromatic carbocycles. The number of carbonyl (C=O) groups excluding carboxylic acids is 1. The number of carbonyl (C=O) groups is 1. The second-order valence-electron chi connectivity index (χ2n) is 4.48. The van der Waals surface area contributed by atoms with Crippen LogP contribution >= 0.6 is 0 Å². The van der Waals surface area contributed by atoms with Crippen molar-refractivity contribution in [1.82, 2.24) is 5.32 Å². The number of nitrogens with one attached hydrogen (secondary N) is 1. The number of rotatable bonds is 6. The van der Waals surface area contributed by atoms with Crippen LogP contribution in [-0.4, -0.2) is 24.6 Å². The van der Waals surface area contributed by atoms with Crippen molar-refractivity contribution < 1.29 is 9.53 Å². The van der Waals surface area contributed by atoms with Gasteiger partial charge in [0.25, 0.3) is 5.91 Å². The first kappa shape index (κ1) is 14.5. The summed E-state index contributed by atoms with van der Waals surface area (Å²) in [6, 6.07) is 7.83. The van der Waals surface area contributed by atoms with E-state index < -0.39 is 6.10 Å². The second-order valence-corrected chi connectivity index (χ2v) is 4.48. The van der Waals surface area contributed by atoms with Crippen LogP contribution in [0.5, 0.6) is 5.75 Å². The van der Waals surface area contributed by atoms with E-state index in [1.54, 1.807) is 6.92 Å². The Bertz CT molecular complexity index is 374. The van der Waals surface area contributed by atoms with Crippen molar-refractivity contribution in [1.29, 1.82) is 0 Å². The molecule has 0 aliphatic rings. The molecule has 0 spiro atoms. The van der Waals surface area contributed by atoms with Crippen LogP contribution < -0.4 is 15.8 Å². The SMILES string of the molecule is CCNC(=O)C(C)Oc1ccc(CC(C)N)cc1. The predicted octanol–water partition coefficient (Wildman–Crippen LogP) is 1.48. The van der Waals surface area contributed by atoms with Gasteiger partial charge < -0.3 is 15.8 Å². The minimum Gasteiger partial charge on any atom is -0.481 e. The molecular weight excluding hydrogens is 228 g/mol. The van der Waals surface area contributed by atoms with Crippen LogP contribution in [0.15, 0.2) is 24.3 Å². The van der Waals surface area contributed by atoms with Crippen LogP contribution in [0.25, 0.3) is 0 Å². The molecule has 3 N–H and O–H groups in total. The lowest BCUT2D eigenvalue weighted by Gasteiger charge is -2.14. The van der Waals surface area contributed by atoms with Gasteiger partial charge in [-0.15, -0.1) is 0 Å². The fraction of sp³-hybridized carbons (Fsp3) is 0.500. The van der Waals surface area contributed by atoms with Gasteiger partial charge in [-0.3, -0.25) is 4.79 Å². The maximum atomic E-state index is 11.5. The van der Waals surface area contributed by atoms with Gasteiger partial charge in [0.15, 0.2) is 6.10 Å². The van der Waals surface area contributed by atoms with Gasteiger partial charge in [0, 0.05) is 12.6 Å². The van der Waals surface area contributed by atoms with Crippen LogP contribution in [0, 0.1) is 0 Å². The average Bonchev–Trinajstić information content (AvgIpc) is 2.31. The number of hydrogen-bond donors (Lipinski definition) is 2. The summed E-state index contributed by atoms with van der Waals surface area (Å²) in [5.41, 5.74) is 6.90. The third-order valence-electron chi connectivity index (χ3n) is 2.51. The fourth-order valence-electron chi connectivity index (χ4n) is 1.65. The van der Waals surface area contributed by atoms with E-state index in [1.807, 2.05) is 38.1 Å². The molecule has 0 radical (unpaired) electrons. The summed E-state index contributed by atoms with van der Waals surface area (Å²) in [5.74, 6) is 0.597. The van der Waals surface area contributed by atoms with Gasteiger partial charge in [0.2, 0.25) is 0 Å². The van der Waals surface area contributed by atoms with Crippen molar-refractivity contribution >= 4 is 5.91 Å². The predicted molar refractivity (Wildman–Crippen MR) is 72.6 cm³/mol. The first-order valence-corrected chi connectivity index (χ1v) is 6.31. The van der Waals surface area contributed by atoms with Crippen LogP contribution in [0.3, 0.4) is 0 Å². The van der Waals surface area contributed by atoms with Crippen molar-refractivity contribution in [3.05, 3.63) is 29.8 Å². The van der Waals surface area contributed by atoms with Crippen molar-refractivity contribution in [2.24, 2.45) is 5.73 Å². The average molecular weight is 250 g/mol. The molecule has 1 rings (SSSR count). The molecule has 0 bridgehead atoms. The van der Waals surface area contributed by atoms with E-state index >= 15 is 0 Å². The van der Waals surface area contributed by atoms with Gasteiger partial charge in [-0.05, 0) is 44.9 Å². The summed E-state index contributed by atoms with van der Waals surface area (Å²) in [6.45, 7) is 6.20. The second kappa shape index (κ2) is 7.01. The Labute approximate surface area is 109 Å². The van der Waals surface area contributed by atoms with Gasteiger partial charge in [0.1, 0.15) is 5.75 Å². The number of benzene rings is 1. The number of likely N-dealkylation sites (N-methyl/N-ethyl adjacent to an activating group) is 1. The topological polar surface area (TPSA) is 64.3 Å². The normalized spacial score (nSPS) is 13.8. The third kappa shape index (κ3) is 4.75. The van der Waals surface area contributed by atoms with E-state index in [1.165, 1.54) is 5.56 Å². The Morgan fingerprint density at radius 3 is 2.44 bits per heavy atom. The van der Waals surface area contributed by atoms with Crippen molar-refractivity contribution in [2.45, 2.75) is 39.3 Å². The highest BCUT2D eigenvalue weighted by molar-refractivity contribution is 5.80. The number of hydrogen-bond acceptors (Lipinski definition) is 3. The van der Waals surface area contributed by atoms with Crippen molar-refractivity contribution in [3.63, 3.8) is 0 Å². The molecule has 0 fully saturated rings. The monoisotopic (exact) mass is 250 g/mol. The van der Waals surface area contributed by atoms with E-state index in [4.69, 9.17) is 10.5 Å². The summed E-state index contributed by atoms with van der Waals surface area (Å²) >= 11 is 0. The molecule has 2 unspecified atom stereocenters. The maximum absolute atomic E-state index is 11.5. The first-order chi connectivity index (χ1) is 8.52. The third-order valence-corrected chi connectivity index (χ3v) is 2.51. The van der Waals surface area contributed by atoms with E-state index in [0.717, 1.165) is 6.42 Å². The molecule has 0 heterocycles. The van der Waals surface area contributed by atoms with E-state index in [-0.39, 0.29) is 11.9 Å². The summed E-state index contributed by atoms with van der Waals surface area (Å²) in [4.78, 5) is 11.5. The lowest BCUT2D eigenvalue weighted by Crippen LogP contribution is -2.36. The number of ether oxygens (including phenoxy) is 1. The molecule has 1 amide bonds. The van der Waals surface area contributed by atoms with Crippen LogP contribution in [-0.2, 0) is 11.2 Å². The lowest BCUT2D eigenvalue weighted by molar-refractivity contribution is -0.127. The van der Waals surface area contributed by atoms with Crippen molar-refractivity contribution in [2.75, 3.05) is 6.54 Å². The molecule has 4 heteroatoms. The summed E-state index contributed by atoms with van der Waals surface area (Å²) in [6.07, 6.45) is 0.357. The zero-order valence-electron chi connectivity index (χ0n) is 11.3. The van der Waals surface area contributed by atoms with Crippen LogP contribution in [0.1, 0.15) is 26.3 Å². The van der Waals surface area contributed by atoms with Crippen LogP contribution in [0.2, 0.25) is 0 Å². The summed E-state index contributed by atoms with van der Waals surface area (Å²) in [7, 11) is 0. The highest BCUT2D eigenvalue weighted by Crippen LogP contribution is 2.14. The fourth-order valence-corrected chi connectivity index (χ4v) is 1.65. The largest absolute Gasteiger partial charge is 0.481 e. The Balaban J connectivity index is 2.55. The minimum absolute atomic E-state index is 0.0999. The maximum Gasteiger partial charge on any atom is 0.260 e. The van der Waals surface area contributed by atoms with Gasteiger partial charge in [-0.2, -0.15) is 0 Å². The first-order valence-electron chi connectivity index (χ1n) is 6.31. The van der Waals surface area contributed by atoms with Gasteiger partial charge >= 0.3 is 0 Å². The molecular formula is C14H22N2O2. The molecule has 4 nitrogen and oxygen atoms in total. The zero-order chi connectivity index (χ0) is 13.5. The molecule has 0 aliphatic carbocycles. The molecule has 0 aromatic heterocycles. The van der Waals surface area contributed by atoms with Gasteiger partial charge in [-0.1, -0.05) is 12.1 Å². The van der Waals surface area contributed by atoms with E-state index in [2.05, 4.69) is 5.32 Å². The minimum atomic E-state index is -0.482. The summed E-state index contributed by atoms with van der Waals surface area (Å²) < 4.78 is 5.55. The summed E-state index contributed by atoms with van der Waals surface area (Å²) in [5, 5.41) is 2.72. The molecule has 100 valence electrons. The number of amides is 1. The Hall–Kier alpha value is -1.55. The Kier molecular flexibility index (Phi) is 5.65. The zero-order valence-corrected chi connectivity index (χ0v) is 11.3. The molecule has 2 atom stereocenters. The quantitative estimate of drug-likeness (QED) is 0.803. The Morgan fingerprint density at radius 2 is 1.94 bits per heavy atom. The highest BCUT2D eigenvalue weighted by Gasteiger charge is 2.13. The standard InChI is InChI=1S/C14H22N2O2/c1-4-16-14(17)11(3)18-13-7-5-12(6-8-13)9-10(2)15/h5-8,10-11H,4,9,15H2,1-3H3,(H,16,17). The lowest BCUT2D eigenvalue weighted by atomic mass is 10.1. The smallest absolute Gasteiger partial charge is 0.260 e. The molecule has 0 saturated heterocycles. The molecule has 0 aliphatic heterocycles. The molecule has 0 saturated carbocycles. The van der Waals surface area contributed by atoms with Crippen molar-refractivity contribution in [3.8, 4) is 5.75 Å². The van der Waals surface area contributed by atoms with E-state index in [0.29, 0.717) is 12.3 Å². The molecule has 1 aromatic rings. The molecule has 18 heavy (non-hydrogen) atoms. The number of nitrogens with two attached hydrogens (primary N) is 1. The van der Waals surface area contributed by atoms with Gasteiger partial charge in [-0.25, -0.2) is 0 Å². The highest BCUT2D eigenvalue weighted by atomic mass is 16.5.